The van der Waals surface area contributed by atoms with Crippen LogP contribution in [0.1, 0.15) is 31.2 Å². The first-order valence-electron chi connectivity index (χ1n) is 11.7. The summed E-state index contributed by atoms with van der Waals surface area (Å²) in [4.78, 5) is 29.6. The summed E-state index contributed by atoms with van der Waals surface area (Å²) >= 11 is 0.00253. The first kappa shape index (κ1) is 23.9. The number of benzene rings is 2. The summed E-state index contributed by atoms with van der Waals surface area (Å²) < 4.78 is 9.31. The average molecular weight is 546 g/mol. The summed E-state index contributed by atoms with van der Waals surface area (Å²) in [7, 11) is 1.64. The molecule has 0 bridgehead atoms. The second kappa shape index (κ2) is 10.4. The molecule has 8 heteroatoms. The van der Waals surface area contributed by atoms with Gasteiger partial charge in [0.1, 0.15) is 0 Å². The van der Waals surface area contributed by atoms with E-state index in [4.69, 9.17) is 4.74 Å². The van der Waals surface area contributed by atoms with E-state index in [1.807, 2.05) is 72.3 Å². The number of nitrogens with one attached hydrogen (secondary N) is 2. The van der Waals surface area contributed by atoms with E-state index in [1.165, 1.54) is 0 Å². The summed E-state index contributed by atoms with van der Waals surface area (Å²) in [6.45, 7) is 3.40. The Morgan fingerprint density at radius 3 is 2.72 bits per heavy atom. The number of rotatable bonds is 8. The molecule has 7 nitrogen and oxygen atoms in total. The summed E-state index contributed by atoms with van der Waals surface area (Å²) in [5.74, 6) is 0.619. The second-order valence-corrected chi connectivity index (χ2v) is 11.2. The van der Waals surface area contributed by atoms with Crippen LogP contribution in [0.15, 0.2) is 67.3 Å². The normalized spacial score (nSPS) is 13.5. The molecule has 4 aromatic rings. The topological polar surface area (TPSA) is 85.2 Å². The Hall–Kier alpha value is -3.87. The molecule has 2 aromatic heterocycles. The van der Waals surface area contributed by atoms with Gasteiger partial charge in [0.05, 0.1) is 7.11 Å². The summed E-state index contributed by atoms with van der Waals surface area (Å²) in [6, 6.07) is 15.8. The van der Waals surface area contributed by atoms with Crippen molar-refractivity contribution in [2.75, 3.05) is 19.0 Å². The van der Waals surface area contributed by atoms with Crippen molar-refractivity contribution in [3.63, 3.8) is 0 Å². The number of amides is 2. The van der Waals surface area contributed by atoms with Crippen LogP contribution in [0, 0.1) is 6.92 Å². The maximum atomic E-state index is 12.8. The quantitative estimate of drug-likeness (QED) is 0.197. The molecule has 2 aromatic carbocycles. The zero-order valence-corrected chi connectivity index (χ0v) is 21.8. The average Bonchev–Trinajstić information content (AvgIpc) is 3.61. The Balaban J connectivity index is 1.30. The Bertz CT molecular complexity index is 1440. The molecule has 0 spiro atoms. The van der Waals surface area contributed by atoms with Crippen molar-refractivity contribution in [3.8, 4) is 16.9 Å². The summed E-state index contributed by atoms with van der Waals surface area (Å²) in [5.41, 5.74) is 5.08. The number of fused-ring (bicyclic) bond motifs is 1. The molecule has 36 heavy (non-hydrogen) atoms. The number of ether oxygens (including phenoxy) is 1. The number of anilines is 1. The van der Waals surface area contributed by atoms with E-state index in [-0.39, 0.29) is 26.3 Å². The van der Waals surface area contributed by atoms with Crippen LogP contribution in [0.3, 0.4) is 0 Å². The van der Waals surface area contributed by atoms with E-state index < -0.39 is 0 Å². The SMILES string of the molecule is COc1ccc(-c2ccc3c(c2)NC(=O)C3=Cc2cc(C(=O)NCCCn3ccnc3)c(C)[se]2)cc1. The van der Waals surface area contributed by atoms with Gasteiger partial charge in [-0.1, -0.05) is 0 Å². The molecule has 2 amide bonds. The molecule has 2 N–H and O–H groups in total. The summed E-state index contributed by atoms with van der Waals surface area (Å²) in [6.07, 6.45) is 8.19. The van der Waals surface area contributed by atoms with Crippen LogP contribution in [0.25, 0.3) is 22.8 Å². The molecule has 0 unspecified atom stereocenters. The molecular weight excluding hydrogens is 519 g/mol. The van der Waals surface area contributed by atoms with Crippen molar-refractivity contribution in [3.05, 3.63) is 87.3 Å². The minimum atomic E-state index is -0.122. The summed E-state index contributed by atoms with van der Waals surface area (Å²) in [5, 5.41) is 6.01. The van der Waals surface area contributed by atoms with Crippen molar-refractivity contribution >= 4 is 43.7 Å². The Morgan fingerprint density at radius 1 is 1.17 bits per heavy atom. The fraction of sp³-hybridized carbons (Fsp3) is 0.179. The van der Waals surface area contributed by atoms with Gasteiger partial charge >= 0.3 is 209 Å². The van der Waals surface area contributed by atoms with E-state index >= 15 is 0 Å². The number of carbonyl (C=O) groups is 2. The molecule has 1 aliphatic heterocycles. The van der Waals surface area contributed by atoms with Gasteiger partial charge in [0.25, 0.3) is 0 Å². The monoisotopic (exact) mass is 546 g/mol. The molecule has 0 aliphatic carbocycles. The molecule has 3 heterocycles. The minimum absolute atomic E-state index is 0.00253. The fourth-order valence-corrected chi connectivity index (χ4v) is 6.25. The first-order valence-corrected chi connectivity index (χ1v) is 13.4. The van der Waals surface area contributed by atoms with Gasteiger partial charge in [0.2, 0.25) is 0 Å². The molecule has 0 radical (unpaired) electrons. The van der Waals surface area contributed by atoms with E-state index in [0.717, 1.165) is 50.0 Å². The van der Waals surface area contributed by atoms with Gasteiger partial charge in [-0.2, -0.15) is 0 Å². The van der Waals surface area contributed by atoms with Crippen LogP contribution in [-0.4, -0.2) is 49.5 Å². The fourth-order valence-electron chi connectivity index (χ4n) is 4.22. The van der Waals surface area contributed by atoms with Crippen molar-refractivity contribution in [2.45, 2.75) is 19.9 Å². The van der Waals surface area contributed by atoms with Crippen LogP contribution in [-0.2, 0) is 11.3 Å². The van der Waals surface area contributed by atoms with Crippen molar-refractivity contribution in [1.29, 1.82) is 0 Å². The maximum absolute atomic E-state index is 12.8. The molecule has 0 saturated carbocycles. The molecule has 0 atom stereocenters. The third-order valence-electron chi connectivity index (χ3n) is 6.13. The predicted molar refractivity (Wildman–Crippen MR) is 142 cm³/mol. The van der Waals surface area contributed by atoms with E-state index in [9.17, 15) is 9.59 Å². The van der Waals surface area contributed by atoms with E-state index in [0.29, 0.717) is 17.7 Å². The Morgan fingerprint density at radius 2 is 1.97 bits per heavy atom. The van der Waals surface area contributed by atoms with Gasteiger partial charge in [-0.25, -0.2) is 0 Å². The number of carbonyl (C=O) groups excluding carboxylic acids is 2. The van der Waals surface area contributed by atoms with Crippen LogP contribution < -0.4 is 15.4 Å². The second-order valence-electron chi connectivity index (χ2n) is 8.53. The number of hydrogen-bond donors (Lipinski definition) is 2. The van der Waals surface area contributed by atoms with Gasteiger partial charge in [-0.3, -0.25) is 0 Å². The molecule has 182 valence electrons. The predicted octanol–water partition coefficient (Wildman–Crippen LogP) is 4.24. The van der Waals surface area contributed by atoms with Crippen molar-refractivity contribution in [1.82, 2.24) is 14.9 Å². The number of aryl methyl sites for hydroxylation is 2. The third-order valence-corrected chi connectivity index (χ3v) is 8.22. The van der Waals surface area contributed by atoms with Crippen LogP contribution >= 0.6 is 0 Å². The Kier molecular flexibility index (Phi) is 6.89. The number of imidazole rings is 1. The Labute approximate surface area is 215 Å². The number of nitrogens with zero attached hydrogens (tertiary/aromatic N) is 2. The molecule has 1 aliphatic rings. The van der Waals surface area contributed by atoms with Crippen LogP contribution in [0.2, 0.25) is 0 Å². The van der Waals surface area contributed by atoms with Gasteiger partial charge in [-0.05, 0) is 0 Å². The van der Waals surface area contributed by atoms with Gasteiger partial charge in [0.15, 0.2) is 0 Å². The van der Waals surface area contributed by atoms with Crippen LogP contribution in [0.4, 0.5) is 5.69 Å². The zero-order chi connectivity index (χ0) is 25.1. The number of methoxy groups -OCH3 is 1. The van der Waals surface area contributed by atoms with Crippen molar-refractivity contribution < 1.29 is 14.3 Å². The number of aromatic nitrogens is 2. The number of hydrogen-bond acceptors (Lipinski definition) is 4. The zero-order valence-electron chi connectivity index (χ0n) is 20.1. The molecule has 0 fully saturated rings. The molecule has 0 saturated heterocycles. The van der Waals surface area contributed by atoms with Gasteiger partial charge in [-0.15, -0.1) is 0 Å². The first-order chi connectivity index (χ1) is 17.5. The molecular formula is C28H26N4O3Se. The van der Waals surface area contributed by atoms with Gasteiger partial charge < -0.3 is 0 Å². The third kappa shape index (κ3) is 5.05. The van der Waals surface area contributed by atoms with E-state index in [1.54, 1.807) is 19.6 Å². The van der Waals surface area contributed by atoms with Gasteiger partial charge in [0, 0.05) is 0 Å². The standard InChI is InChI=1S/C28H26N4O3Se/c1-18-24(27(33)30-10-3-12-32-13-11-29-17-32)15-22(36-18)16-25-23-9-6-20(14-26(23)31-28(25)34)19-4-7-21(35-2)8-5-19/h4-9,11,13-17H,3,10,12H2,1-2H3,(H,30,33)(H,31,34). The van der Waals surface area contributed by atoms with Crippen LogP contribution in [0.5, 0.6) is 5.75 Å². The molecule has 5 rings (SSSR count). The van der Waals surface area contributed by atoms with E-state index in [2.05, 4.69) is 15.6 Å². The van der Waals surface area contributed by atoms with Crippen molar-refractivity contribution in [2.24, 2.45) is 0 Å².